The van der Waals surface area contributed by atoms with Gasteiger partial charge in [0.1, 0.15) is 0 Å². The Morgan fingerprint density at radius 3 is 2.65 bits per heavy atom. The van der Waals surface area contributed by atoms with Gasteiger partial charge in [0, 0.05) is 24.7 Å². The van der Waals surface area contributed by atoms with Gasteiger partial charge in [-0.05, 0) is 49.3 Å². The van der Waals surface area contributed by atoms with E-state index in [2.05, 4.69) is 41.6 Å². The summed E-state index contributed by atoms with van der Waals surface area (Å²) in [5.74, 6) is 1.08. The summed E-state index contributed by atoms with van der Waals surface area (Å²) >= 11 is 0. The smallest absolute Gasteiger partial charge is 0.220 e. The number of aliphatic imine (C=N–C) groups is 1. The molecule has 1 aliphatic carbocycles. The lowest BCUT2D eigenvalue weighted by Gasteiger charge is -2.10. The van der Waals surface area contributed by atoms with Gasteiger partial charge in [-0.1, -0.05) is 26.0 Å². The Labute approximate surface area is 138 Å². The maximum atomic E-state index is 11.5. The number of carbonyl (C=O) groups excluding carboxylic acids is 1. The molecule has 1 fully saturated rings. The highest BCUT2D eigenvalue weighted by molar-refractivity contribution is 5.92. The monoisotopic (exact) mass is 316 g/mol. The van der Waals surface area contributed by atoms with Crippen molar-refractivity contribution >= 4 is 17.6 Å². The summed E-state index contributed by atoms with van der Waals surface area (Å²) in [6.07, 6.45) is 4.60. The van der Waals surface area contributed by atoms with Crippen molar-refractivity contribution in [2.45, 2.75) is 57.9 Å². The molecule has 5 nitrogen and oxygen atoms in total. The molecule has 126 valence electrons. The zero-order valence-electron chi connectivity index (χ0n) is 14.1. The topological polar surface area (TPSA) is 79.5 Å². The minimum absolute atomic E-state index is 0.120. The fourth-order valence-electron chi connectivity index (χ4n) is 2.28. The van der Waals surface area contributed by atoms with Gasteiger partial charge in [0.15, 0.2) is 5.96 Å². The number of anilines is 1. The van der Waals surface area contributed by atoms with Crippen LogP contribution in [0.2, 0.25) is 0 Å². The molecule has 1 unspecified atom stereocenters. The highest BCUT2D eigenvalue weighted by Gasteiger charge is 2.22. The average Bonchev–Trinajstić information content (AvgIpc) is 3.35. The molecule has 1 aromatic carbocycles. The molecule has 0 aromatic heterocycles. The highest BCUT2D eigenvalue weighted by Crippen LogP contribution is 2.20. The van der Waals surface area contributed by atoms with Crippen LogP contribution in [0.1, 0.15) is 57.4 Å². The van der Waals surface area contributed by atoms with Crippen molar-refractivity contribution < 1.29 is 4.79 Å². The van der Waals surface area contributed by atoms with Crippen molar-refractivity contribution in [3.05, 3.63) is 29.8 Å². The molecular formula is C18H28N4O. The van der Waals surface area contributed by atoms with Gasteiger partial charge in [-0.2, -0.15) is 0 Å². The summed E-state index contributed by atoms with van der Waals surface area (Å²) in [7, 11) is 0. The lowest BCUT2D eigenvalue weighted by Crippen LogP contribution is -2.25. The second kappa shape index (κ2) is 8.56. The normalized spacial score (nSPS) is 16.0. The Morgan fingerprint density at radius 2 is 2.04 bits per heavy atom. The number of nitrogens with zero attached hydrogens (tertiary/aromatic N) is 1. The molecule has 5 heteroatoms. The zero-order valence-corrected chi connectivity index (χ0v) is 14.1. The second-order valence-corrected chi connectivity index (χ2v) is 6.27. The van der Waals surface area contributed by atoms with Crippen LogP contribution in [-0.2, 0) is 4.79 Å². The number of nitrogens with one attached hydrogen (secondary N) is 2. The molecule has 23 heavy (non-hydrogen) atoms. The Bertz CT molecular complexity index is 534. The van der Waals surface area contributed by atoms with E-state index in [0.29, 0.717) is 37.3 Å². The van der Waals surface area contributed by atoms with Crippen LogP contribution >= 0.6 is 0 Å². The van der Waals surface area contributed by atoms with Crippen molar-refractivity contribution in [3.63, 3.8) is 0 Å². The van der Waals surface area contributed by atoms with Crippen LogP contribution in [0, 0.1) is 0 Å². The van der Waals surface area contributed by atoms with Crippen LogP contribution in [0.25, 0.3) is 0 Å². The molecule has 1 atom stereocenters. The predicted molar refractivity (Wildman–Crippen MR) is 95.7 cm³/mol. The van der Waals surface area contributed by atoms with Gasteiger partial charge in [-0.25, -0.2) is 0 Å². The zero-order chi connectivity index (χ0) is 16.7. The third-order valence-electron chi connectivity index (χ3n) is 4.15. The van der Waals surface area contributed by atoms with Crippen molar-refractivity contribution in [2.24, 2.45) is 10.7 Å². The van der Waals surface area contributed by atoms with Crippen LogP contribution in [0.15, 0.2) is 29.3 Å². The molecule has 1 aliphatic rings. The third-order valence-corrected chi connectivity index (χ3v) is 4.15. The van der Waals surface area contributed by atoms with Crippen LogP contribution < -0.4 is 16.4 Å². The van der Waals surface area contributed by atoms with E-state index in [1.165, 1.54) is 5.56 Å². The standard InChI is InChI=1S/C18H28N4O/c1-3-13(2)14-6-8-16(9-7-14)22-18(19)20-12-4-5-17(23)21-15-10-11-15/h6-9,13,15H,3-5,10-12H2,1-2H3,(H,21,23)(H3,19,20,22). The van der Waals surface area contributed by atoms with Crippen LogP contribution in [0.3, 0.4) is 0 Å². The molecule has 1 amide bonds. The minimum atomic E-state index is 0.120. The highest BCUT2D eigenvalue weighted by atomic mass is 16.1. The molecular weight excluding hydrogens is 288 g/mol. The number of nitrogens with two attached hydrogens (primary N) is 1. The van der Waals surface area contributed by atoms with Gasteiger partial charge in [-0.15, -0.1) is 0 Å². The van der Waals surface area contributed by atoms with E-state index in [1.54, 1.807) is 0 Å². The van der Waals surface area contributed by atoms with Crippen molar-refractivity contribution in [1.29, 1.82) is 0 Å². The number of hydrogen-bond acceptors (Lipinski definition) is 2. The van der Waals surface area contributed by atoms with Gasteiger partial charge in [0.05, 0.1) is 0 Å². The van der Waals surface area contributed by atoms with E-state index < -0.39 is 0 Å². The first-order chi connectivity index (χ1) is 11.1. The minimum Gasteiger partial charge on any atom is -0.370 e. The van der Waals surface area contributed by atoms with E-state index in [-0.39, 0.29) is 5.91 Å². The van der Waals surface area contributed by atoms with Gasteiger partial charge in [0.25, 0.3) is 0 Å². The maximum Gasteiger partial charge on any atom is 0.220 e. The lowest BCUT2D eigenvalue weighted by molar-refractivity contribution is -0.121. The first-order valence-electron chi connectivity index (χ1n) is 8.54. The first-order valence-corrected chi connectivity index (χ1v) is 8.54. The molecule has 0 heterocycles. The summed E-state index contributed by atoms with van der Waals surface area (Å²) in [5, 5.41) is 6.05. The Balaban J connectivity index is 1.70. The lowest BCUT2D eigenvalue weighted by atomic mass is 9.99. The predicted octanol–water partition coefficient (Wildman–Crippen LogP) is 2.99. The van der Waals surface area contributed by atoms with Gasteiger partial charge < -0.3 is 16.4 Å². The molecule has 0 bridgehead atoms. The third kappa shape index (κ3) is 6.30. The molecule has 0 saturated heterocycles. The first kappa shape index (κ1) is 17.3. The Hall–Kier alpha value is -2.04. The van der Waals surface area contributed by atoms with Crippen LogP contribution in [-0.4, -0.2) is 24.5 Å². The average molecular weight is 316 g/mol. The van der Waals surface area contributed by atoms with E-state index in [4.69, 9.17) is 5.73 Å². The summed E-state index contributed by atoms with van der Waals surface area (Å²) in [6.45, 7) is 4.96. The molecule has 0 radical (unpaired) electrons. The summed E-state index contributed by atoms with van der Waals surface area (Å²) in [6, 6.07) is 8.70. The Morgan fingerprint density at radius 1 is 1.35 bits per heavy atom. The van der Waals surface area contributed by atoms with Crippen molar-refractivity contribution in [3.8, 4) is 0 Å². The number of guanidine groups is 1. The van der Waals surface area contributed by atoms with E-state index in [1.807, 2.05) is 12.1 Å². The summed E-state index contributed by atoms with van der Waals surface area (Å²) in [4.78, 5) is 15.8. The van der Waals surface area contributed by atoms with Gasteiger partial charge in [-0.3, -0.25) is 9.79 Å². The number of carbonyl (C=O) groups is 1. The number of hydrogen-bond donors (Lipinski definition) is 3. The SMILES string of the molecule is CCC(C)c1ccc(NC(N)=NCCCC(=O)NC2CC2)cc1. The Kier molecular flexibility index (Phi) is 6.44. The molecule has 0 aliphatic heterocycles. The van der Waals surface area contributed by atoms with Gasteiger partial charge >= 0.3 is 0 Å². The number of amides is 1. The number of benzene rings is 1. The van der Waals surface area contributed by atoms with E-state index >= 15 is 0 Å². The summed E-state index contributed by atoms with van der Waals surface area (Å²) < 4.78 is 0. The summed E-state index contributed by atoms with van der Waals surface area (Å²) in [5.41, 5.74) is 8.14. The molecule has 4 N–H and O–H groups in total. The molecule has 2 rings (SSSR count). The second-order valence-electron chi connectivity index (χ2n) is 6.27. The van der Waals surface area contributed by atoms with Gasteiger partial charge in [0.2, 0.25) is 5.91 Å². The number of rotatable bonds is 8. The van der Waals surface area contributed by atoms with Crippen LogP contribution in [0.5, 0.6) is 0 Å². The van der Waals surface area contributed by atoms with E-state index in [0.717, 1.165) is 24.9 Å². The fourth-order valence-corrected chi connectivity index (χ4v) is 2.28. The largest absolute Gasteiger partial charge is 0.370 e. The molecule has 0 spiro atoms. The fraction of sp³-hybridized carbons (Fsp3) is 0.556. The van der Waals surface area contributed by atoms with Crippen molar-refractivity contribution in [2.75, 3.05) is 11.9 Å². The van der Waals surface area contributed by atoms with Crippen LogP contribution in [0.4, 0.5) is 5.69 Å². The van der Waals surface area contributed by atoms with Crippen molar-refractivity contribution in [1.82, 2.24) is 5.32 Å². The maximum absolute atomic E-state index is 11.5. The van der Waals surface area contributed by atoms with E-state index in [9.17, 15) is 4.79 Å². The quantitative estimate of drug-likeness (QED) is 0.392. The molecule has 1 saturated carbocycles. The molecule has 1 aromatic rings.